The summed E-state index contributed by atoms with van der Waals surface area (Å²) in [6.07, 6.45) is 0. The minimum absolute atomic E-state index is 0.273. The van der Waals surface area contributed by atoms with Crippen molar-refractivity contribution >= 4 is 11.7 Å². The molecule has 20 heavy (non-hydrogen) atoms. The molecule has 0 aromatic heterocycles. The van der Waals surface area contributed by atoms with Crippen LogP contribution in [0.1, 0.15) is 10.4 Å². The highest BCUT2D eigenvalue weighted by atomic mass is 16.5. The summed E-state index contributed by atoms with van der Waals surface area (Å²) in [6, 6.07) is 11.9. The number of methoxy groups -OCH3 is 2. The number of rotatable bonds is 4. The van der Waals surface area contributed by atoms with E-state index in [1.165, 1.54) is 14.2 Å². The lowest BCUT2D eigenvalue weighted by molar-refractivity contribution is 0.0597. The maximum absolute atomic E-state index is 11.8. The maximum Gasteiger partial charge on any atom is 0.341 e. The fourth-order valence-electron chi connectivity index (χ4n) is 1.69. The largest absolute Gasteiger partial charge is 0.497 e. The van der Waals surface area contributed by atoms with E-state index in [2.05, 4.69) is 0 Å². The predicted octanol–water partition coefficient (Wildman–Crippen LogP) is 2.86. The van der Waals surface area contributed by atoms with Crippen molar-refractivity contribution in [1.82, 2.24) is 0 Å². The quantitative estimate of drug-likeness (QED) is 0.685. The number of nitrogen functional groups attached to an aromatic ring is 1. The Hall–Kier alpha value is -2.69. The molecule has 0 aliphatic rings. The van der Waals surface area contributed by atoms with Crippen LogP contribution in [0.15, 0.2) is 42.5 Å². The van der Waals surface area contributed by atoms with Gasteiger partial charge >= 0.3 is 5.97 Å². The Labute approximate surface area is 116 Å². The van der Waals surface area contributed by atoms with E-state index in [4.69, 9.17) is 19.9 Å². The molecule has 2 rings (SSSR count). The van der Waals surface area contributed by atoms with Gasteiger partial charge in [-0.15, -0.1) is 0 Å². The zero-order valence-corrected chi connectivity index (χ0v) is 11.3. The normalized spacial score (nSPS) is 9.90. The minimum Gasteiger partial charge on any atom is -0.497 e. The van der Waals surface area contributed by atoms with Gasteiger partial charge in [0.15, 0.2) is 0 Å². The van der Waals surface area contributed by atoms with Crippen LogP contribution in [0.25, 0.3) is 0 Å². The molecule has 0 saturated carbocycles. The Morgan fingerprint density at radius 3 is 2.45 bits per heavy atom. The zero-order valence-electron chi connectivity index (χ0n) is 11.3. The Morgan fingerprint density at radius 1 is 1.05 bits per heavy atom. The molecule has 0 heterocycles. The maximum atomic E-state index is 11.8. The number of carbonyl (C=O) groups excluding carboxylic acids is 1. The number of esters is 1. The summed E-state index contributed by atoms with van der Waals surface area (Å²) >= 11 is 0. The topological polar surface area (TPSA) is 70.8 Å². The summed E-state index contributed by atoms with van der Waals surface area (Å²) < 4.78 is 15.5. The second kappa shape index (κ2) is 5.97. The van der Waals surface area contributed by atoms with Crippen LogP contribution in [-0.2, 0) is 4.74 Å². The van der Waals surface area contributed by atoms with Gasteiger partial charge in [-0.1, -0.05) is 12.1 Å². The molecule has 5 nitrogen and oxygen atoms in total. The Kier molecular flexibility index (Phi) is 4.10. The molecule has 0 aliphatic heterocycles. The first kappa shape index (κ1) is 13.7. The van der Waals surface area contributed by atoms with E-state index >= 15 is 0 Å². The highest BCUT2D eigenvalue weighted by Gasteiger charge is 2.15. The van der Waals surface area contributed by atoms with Crippen LogP contribution in [0.2, 0.25) is 0 Å². The summed E-state index contributed by atoms with van der Waals surface area (Å²) in [5, 5.41) is 0. The van der Waals surface area contributed by atoms with E-state index in [9.17, 15) is 4.79 Å². The van der Waals surface area contributed by atoms with Crippen LogP contribution in [-0.4, -0.2) is 20.2 Å². The van der Waals surface area contributed by atoms with Crippen molar-refractivity contribution in [3.8, 4) is 17.2 Å². The lowest BCUT2D eigenvalue weighted by Gasteiger charge is -2.12. The summed E-state index contributed by atoms with van der Waals surface area (Å²) in [7, 11) is 2.83. The molecule has 0 atom stereocenters. The van der Waals surface area contributed by atoms with Gasteiger partial charge in [0.25, 0.3) is 0 Å². The highest BCUT2D eigenvalue weighted by molar-refractivity contribution is 5.93. The zero-order chi connectivity index (χ0) is 14.5. The van der Waals surface area contributed by atoms with Crippen LogP contribution >= 0.6 is 0 Å². The van der Waals surface area contributed by atoms with Crippen molar-refractivity contribution in [2.45, 2.75) is 0 Å². The number of nitrogens with two attached hydrogens (primary N) is 1. The van der Waals surface area contributed by atoms with Crippen LogP contribution in [0, 0.1) is 0 Å². The van der Waals surface area contributed by atoms with E-state index in [1.54, 1.807) is 42.5 Å². The summed E-state index contributed by atoms with van der Waals surface area (Å²) in [4.78, 5) is 11.8. The first-order valence-corrected chi connectivity index (χ1v) is 5.94. The second-order valence-electron chi connectivity index (χ2n) is 3.99. The lowest BCUT2D eigenvalue weighted by atomic mass is 10.2. The SMILES string of the molecule is COC(=O)c1cc(OC)ccc1Oc1ccccc1N. The average molecular weight is 273 g/mol. The monoisotopic (exact) mass is 273 g/mol. The van der Waals surface area contributed by atoms with Gasteiger partial charge in [-0.25, -0.2) is 4.79 Å². The van der Waals surface area contributed by atoms with Gasteiger partial charge in [-0.05, 0) is 30.3 Å². The first-order valence-electron chi connectivity index (χ1n) is 5.94. The van der Waals surface area contributed by atoms with Crippen LogP contribution in [0.3, 0.4) is 0 Å². The standard InChI is InChI=1S/C15H15NO4/c1-18-10-7-8-13(11(9-10)15(17)19-2)20-14-6-4-3-5-12(14)16/h3-9H,16H2,1-2H3. The third kappa shape index (κ3) is 2.83. The first-order chi connectivity index (χ1) is 9.65. The number of para-hydroxylation sites is 2. The predicted molar refractivity (Wildman–Crippen MR) is 75.3 cm³/mol. The molecule has 0 fully saturated rings. The van der Waals surface area contributed by atoms with E-state index in [0.29, 0.717) is 22.9 Å². The van der Waals surface area contributed by atoms with Gasteiger partial charge in [-0.3, -0.25) is 0 Å². The summed E-state index contributed by atoms with van der Waals surface area (Å²) in [6.45, 7) is 0. The molecule has 0 radical (unpaired) electrons. The average Bonchev–Trinajstić information content (AvgIpc) is 2.49. The van der Waals surface area contributed by atoms with E-state index < -0.39 is 5.97 Å². The molecule has 0 saturated heterocycles. The number of carbonyl (C=O) groups is 1. The fourth-order valence-corrected chi connectivity index (χ4v) is 1.69. The van der Waals surface area contributed by atoms with Gasteiger partial charge < -0.3 is 19.9 Å². The summed E-state index contributed by atoms with van der Waals surface area (Å²) in [5.74, 6) is 0.866. The molecule has 2 N–H and O–H groups in total. The second-order valence-corrected chi connectivity index (χ2v) is 3.99. The van der Waals surface area contributed by atoms with E-state index in [0.717, 1.165) is 0 Å². The van der Waals surface area contributed by atoms with Gasteiger partial charge in [0.05, 0.1) is 19.9 Å². The van der Waals surface area contributed by atoms with Crippen molar-refractivity contribution in [3.63, 3.8) is 0 Å². The molecule has 5 heteroatoms. The molecular formula is C15H15NO4. The number of ether oxygens (including phenoxy) is 3. The molecule has 104 valence electrons. The number of benzene rings is 2. The molecular weight excluding hydrogens is 258 g/mol. The molecule has 0 spiro atoms. The van der Waals surface area contributed by atoms with Crippen LogP contribution in [0.5, 0.6) is 17.2 Å². The molecule has 0 bridgehead atoms. The van der Waals surface area contributed by atoms with Crippen molar-refractivity contribution in [3.05, 3.63) is 48.0 Å². The van der Waals surface area contributed by atoms with Gasteiger partial charge in [-0.2, -0.15) is 0 Å². The van der Waals surface area contributed by atoms with E-state index in [-0.39, 0.29) is 5.56 Å². The van der Waals surface area contributed by atoms with Crippen molar-refractivity contribution < 1.29 is 19.0 Å². The molecule has 0 aliphatic carbocycles. The fraction of sp³-hybridized carbons (Fsp3) is 0.133. The van der Waals surface area contributed by atoms with Gasteiger partial charge in [0, 0.05) is 0 Å². The van der Waals surface area contributed by atoms with Gasteiger partial charge in [0.2, 0.25) is 0 Å². The Morgan fingerprint density at radius 2 is 1.80 bits per heavy atom. The minimum atomic E-state index is -0.506. The molecule has 0 amide bonds. The number of anilines is 1. The van der Waals surface area contributed by atoms with Gasteiger partial charge in [0.1, 0.15) is 22.8 Å². The molecule has 2 aromatic rings. The lowest BCUT2D eigenvalue weighted by Crippen LogP contribution is -2.04. The third-order valence-corrected chi connectivity index (χ3v) is 2.73. The van der Waals surface area contributed by atoms with Crippen molar-refractivity contribution in [2.75, 3.05) is 20.0 Å². The van der Waals surface area contributed by atoms with Crippen molar-refractivity contribution in [2.24, 2.45) is 0 Å². The van der Waals surface area contributed by atoms with Crippen LogP contribution < -0.4 is 15.2 Å². The highest BCUT2D eigenvalue weighted by Crippen LogP contribution is 2.32. The summed E-state index contributed by atoms with van der Waals surface area (Å²) in [5.41, 5.74) is 6.58. The number of hydrogen-bond donors (Lipinski definition) is 1. The van der Waals surface area contributed by atoms with Crippen molar-refractivity contribution in [1.29, 1.82) is 0 Å². The van der Waals surface area contributed by atoms with E-state index in [1.807, 2.05) is 0 Å². The molecule has 0 unspecified atom stereocenters. The Balaban J connectivity index is 2.41. The Bertz CT molecular complexity index is 625. The smallest absolute Gasteiger partial charge is 0.341 e. The number of hydrogen-bond acceptors (Lipinski definition) is 5. The molecule has 2 aromatic carbocycles. The third-order valence-electron chi connectivity index (χ3n) is 2.73. The van der Waals surface area contributed by atoms with Crippen LogP contribution in [0.4, 0.5) is 5.69 Å².